The molecule has 6 aliphatic heterocycles. The molecule has 6 aliphatic rings. The predicted molar refractivity (Wildman–Crippen MR) is 352 cm³/mol. The van der Waals surface area contributed by atoms with E-state index >= 15 is 0 Å². The molecule has 0 aliphatic carbocycles. The molecule has 3 amide bonds. The van der Waals surface area contributed by atoms with Gasteiger partial charge in [0, 0.05) is 120 Å². The molecule has 9 aromatic rings. The van der Waals surface area contributed by atoms with Crippen molar-refractivity contribution in [2.45, 2.75) is 85.8 Å². The molecule has 0 bridgehead atoms. The highest BCUT2D eigenvalue weighted by Gasteiger charge is 2.47. The Morgan fingerprint density at radius 1 is 0.500 bits per heavy atom. The number of imidazole rings is 1. The molecule has 0 radical (unpaired) electrons. The highest BCUT2D eigenvalue weighted by atomic mass is 35.5. The van der Waals surface area contributed by atoms with E-state index in [9.17, 15) is 22.8 Å². The summed E-state index contributed by atoms with van der Waals surface area (Å²) < 4.78 is 48.6. The molecule has 2 aromatic heterocycles. The fourth-order valence-electron chi connectivity index (χ4n) is 13.9. The molecule has 7 aromatic carbocycles. The summed E-state index contributed by atoms with van der Waals surface area (Å²) in [5.74, 6) is 3.79. The van der Waals surface area contributed by atoms with Crippen LogP contribution in [-0.4, -0.2) is 109 Å². The summed E-state index contributed by atoms with van der Waals surface area (Å²) in [7, 11) is -3.77. The van der Waals surface area contributed by atoms with Crippen LogP contribution in [0.15, 0.2) is 179 Å². The molecule has 8 N–H and O–H groups in total. The van der Waals surface area contributed by atoms with Crippen molar-refractivity contribution < 1.29 is 41.4 Å². The van der Waals surface area contributed by atoms with Gasteiger partial charge in [0.25, 0.3) is 17.7 Å². The van der Waals surface area contributed by atoms with E-state index in [1.165, 1.54) is 41.0 Å². The van der Waals surface area contributed by atoms with Gasteiger partial charge in [-0.15, -0.1) is 0 Å². The Balaban J connectivity index is 0.000000127. The first-order valence-electron chi connectivity index (χ1n) is 31.3. The molecule has 0 unspecified atom stereocenters. The Labute approximate surface area is 540 Å². The lowest BCUT2D eigenvalue weighted by Crippen LogP contribution is -2.46. The number of nitrogens with two attached hydrogens (primary N) is 4. The van der Waals surface area contributed by atoms with Crippen molar-refractivity contribution in [1.29, 1.82) is 0 Å². The van der Waals surface area contributed by atoms with E-state index in [-0.39, 0.29) is 38.9 Å². The van der Waals surface area contributed by atoms with Gasteiger partial charge in [0.2, 0.25) is 10.0 Å². The molecule has 8 heterocycles. The summed E-state index contributed by atoms with van der Waals surface area (Å²) in [6.07, 6.45) is 7.05. The van der Waals surface area contributed by atoms with Gasteiger partial charge in [-0.25, -0.2) is 18.5 Å². The summed E-state index contributed by atoms with van der Waals surface area (Å²) >= 11 is 5.95. The number of carbonyl (C=O) groups is 3. The van der Waals surface area contributed by atoms with Gasteiger partial charge < -0.3 is 55.1 Å². The van der Waals surface area contributed by atoms with Crippen LogP contribution in [0.3, 0.4) is 0 Å². The van der Waals surface area contributed by atoms with Crippen molar-refractivity contribution in [3.8, 4) is 28.6 Å². The van der Waals surface area contributed by atoms with Crippen LogP contribution in [0.2, 0.25) is 5.02 Å². The lowest BCUT2D eigenvalue weighted by molar-refractivity contribution is 0.0614. The minimum atomic E-state index is -3.77. The predicted octanol–water partition coefficient (Wildman–Crippen LogP) is 10.1. The zero-order valence-corrected chi connectivity index (χ0v) is 52.7. The van der Waals surface area contributed by atoms with Gasteiger partial charge in [-0.3, -0.25) is 14.4 Å². The van der Waals surface area contributed by atoms with Crippen LogP contribution < -0.4 is 36.6 Å². The zero-order valence-electron chi connectivity index (χ0n) is 51.1. The van der Waals surface area contributed by atoms with Crippen molar-refractivity contribution in [1.82, 2.24) is 24.3 Å². The standard InChI is InChI=1S/C28H28N4O2.C24H23ClN2O3.C20H23N3O4S/c29-16-21-7-10-26-23(15-21)28(18-34-26)11-13-31(14-12-28)27(33)22-8-5-20(6-9-22)17-32-19-30-24-3-1-2-4-25(24)32;25-18-4-2-17(3-5-18)20-7-8-22(30-20)23(28)27-11-9-24(10-12-27)15-29-21-6-1-16(14-26)13-19(21)24;21-12-14-1-6-18-17(11-14)20(13-27-18)7-9-23(10-8-20)19(24)15-2-4-16(5-3-15)28(22,25)26/h1-10,15,19H,11-14,16-18,29H2;1-8,13H,9-12,14-15,26H2;1-6,11H,7-10,12-13,21H2,(H2,22,25,26). The molecule has 3 fully saturated rings. The first kappa shape index (κ1) is 62.0. The number of halogens is 1. The number of aromatic nitrogens is 2. The van der Waals surface area contributed by atoms with Crippen LogP contribution in [0.4, 0.5) is 0 Å². The molecule has 0 atom stereocenters. The Kier molecular flexibility index (Phi) is 17.3. The van der Waals surface area contributed by atoms with E-state index in [1.54, 1.807) is 6.07 Å². The molecule has 20 heteroatoms. The highest BCUT2D eigenvalue weighted by molar-refractivity contribution is 7.89. The molecule has 0 saturated carbocycles. The number of sulfonamides is 1. The number of carbonyl (C=O) groups excluding carboxylic acids is 3. The van der Waals surface area contributed by atoms with E-state index in [2.05, 4.69) is 33.8 Å². The van der Waals surface area contributed by atoms with Crippen LogP contribution >= 0.6 is 11.6 Å². The van der Waals surface area contributed by atoms with Crippen molar-refractivity contribution in [3.63, 3.8) is 0 Å². The first-order chi connectivity index (χ1) is 44.5. The summed E-state index contributed by atoms with van der Waals surface area (Å²) in [5.41, 5.74) is 29.7. The number of fused-ring (bicyclic) bond motifs is 7. The topological polar surface area (TPSA) is 258 Å². The third-order valence-corrected chi connectivity index (χ3v) is 20.7. The zero-order chi connectivity index (χ0) is 63.8. The number of para-hydroxylation sites is 2. The Hall–Kier alpha value is -8.82. The van der Waals surface area contributed by atoms with Gasteiger partial charge in [0.15, 0.2) is 5.76 Å². The molecule has 15 rings (SSSR count). The monoisotopic (exact) mass is 1280 g/mol. The van der Waals surface area contributed by atoms with Gasteiger partial charge in [0.05, 0.1) is 42.1 Å². The fraction of sp³-hybridized carbons (Fsp3) is 0.306. The number of likely N-dealkylation sites (tertiary alicyclic amines) is 3. The minimum Gasteiger partial charge on any atom is -0.492 e. The lowest BCUT2D eigenvalue weighted by atomic mass is 9.74. The first-order valence-corrected chi connectivity index (χ1v) is 33.2. The van der Waals surface area contributed by atoms with Crippen molar-refractivity contribution in [3.05, 3.63) is 231 Å². The van der Waals surface area contributed by atoms with Gasteiger partial charge >= 0.3 is 0 Å². The second kappa shape index (κ2) is 25.7. The maximum absolute atomic E-state index is 13.2. The van der Waals surface area contributed by atoms with Crippen LogP contribution in [0.25, 0.3) is 22.4 Å². The fourth-order valence-corrected chi connectivity index (χ4v) is 14.5. The number of hydrogen-bond donors (Lipinski definition) is 4. The average Bonchev–Trinajstić information content (AvgIpc) is 1.61. The second-order valence-electron chi connectivity index (χ2n) is 25.0. The van der Waals surface area contributed by atoms with Crippen molar-refractivity contribution in [2.24, 2.45) is 22.3 Å². The number of rotatable bonds is 10. The van der Waals surface area contributed by atoms with Crippen molar-refractivity contribution >= 4 is 50.4 Å². The third-order valence-electron chi connectivity index (χ3n) is 19.5. The smallest absolute Gasteiger partial charge is 0.289 e. The van der Waals surface area contributed by atoms with Crippen LogP contribution in [0.5, 0.6) is 17.2 Å². The Bertz CT molecular complexity index is 4320. The number of nitrogens with zero attached hydrogens (tertiary/aromatic N) is 5. The minimum absolute atomic E-state index is 0.00272. The Morgan fingerprint density at radius 3 is 1.37 bits per heavy atom. The quantitative estimate of drug-likeness (QED) is 0.0995. The SMILES string of the molecule is NCc1ccc2c(c1)C1(CCN(C(=O)c3ccc(-c4ccc(Cl)cc4)o3)CC1)CO2.NCc1ccc2c(c1)C1(CCN(C(=O)c3ccc(Cn4cnc5ccccc54)cc3)CC1)CO2.NCc1ccc2c(c1)C1(CCN(C(=O)c3ccc(S(N)(=O)=O)cc3)CC1)CO2. The molecule has 3 spiro atoms. The highest BCUT2D eigenvalue weighted by Crippen LogP contribution is 2.49. The van der Waals surface area contributed by atoms with Gasteiger partial charge in [-0.1, -0.05) is 72.3 Å². The second-order valence-corrected chi connectivity index (χ2v) is 27.0. The number of primary sulfonamides is 1. The van der Waals surface area contributed by atoms with Crippen LogP contribution in [0.1, 0.15) is 109 Å². The van der Waals surface area contributed by atoms with E-state index in [0.717, 1.165) is 120 Å². The summed E-state index contributed by atoms with van der Waals surface area (Å²) in [5, 5.41) is 5.78. The summed E-state index contributed by atoms with van der Waals surface area (Å²) in [6, 6.07) is 51.4. The van der Waals surface area contributed by atoms with E-state index in [4.69, 9.17) is 52.6 Å². The normalized spacial score (nSPS) is 17.2. The van der Waals surface area contributed by atoms with Gasteiger partial charge in [0.1, 0.15) is 23.0 Å². The number of piperidine rings is 3. The number of amides is 3. The van der Waals surface area contributed by atoms with E-state index in [0.29, 0.717) is 87.7 Å². The van der Waals surface area contributed by atoms with E-state index < -0.39 is 10.0 Å². The molecular weight excluding hydrogens is 1200 g/mol. The van der Waals surface area contributed by atoms with Gasteiger partial charge in [-0.05, 0) is 164 Å². The Morgan fingerprint density at radius 2 is 0.924 bits per heavy atom. The maximum atomic E-state index is 13.2. The summed E-state index contributed by atoms with van der Waals surface area (Å²) in [6.45, 7) is 8.29. The molecule has 3 saturated heterocycles. The number of ether oxygens (including phenoxy) is 3. The van der Waals surface area contributed by atoms with E-state index in [1.807, 2.05) is 130 Å². The maximum Gasteiger partial charge on any atom is 0.289 e. The molecule has 18 nitrogen and oxygen atoms in total. The summed E-state index contributed by atoms with van der Waals surface area (Å²) in [4.78, 5) is 49.2. The number of benzene rings is 7. The lowest BCUT2D eigenvalue weighted by Gasteiger charge is -2.38. The molecular formula is C72H74ClN9O9S. The van der Waals surface area contributed by atoms with Crippen LogP contribution in [0, 0.1) is 0 Å². The molecule has 474 valence electrons. The van der Waals surface area contributed by atoms with Crippen molar-refractivity contribution in [2.75, 3.05) is 59.1 Å². The number of furan rings is 1. The van der Waals surface area contributed by atoms with Crippen LogP contribution in [-0.2, 0) is 52.4 Å². The van der Waals surface area contributed by atoms with Gasteiger partial charge in [-0.2, -0.15) is 0 Å². The molecule has 92 heavy (non-hydrogen) atoms. The third kappa shape index (κ3) is 12.4. The largest absolute Gasteiger partial charge is 0.492 e. The number of hydrogen-bond acceptors (Lipinski definition) is 13. The average molecular weight is 1280 g/mol.